The molecule has 1 heterocycles. The largest absolute Gasteiger partial charge is 0.416 e. The van der Waals surface area contributed by atoms with Gasteiger partial charge in [-0.1, -0.05) is 30.3 Å². The number of alkyl halides is 3. The molecule has 3 aromatic rings. The van der Waals surface area contributed by atoms with E-state index in [1.807, 2.05) is 12.1 Å². The Morgan fingerprint density at radius 3 is 2.27 bits per heavy atom. The van der Waals surface area contributed by atoms with Crippen LogP contribution >= 0.6 is 0 Å². The SMILES string of the molecule is CC1=C(C#N)C(c2ccc(C#N)cc2S(=O)(=O)c2ccccc2)NC(=O)N1c1cccc(C(F)(F)F)c1. The lowest BCUT2D eigenvalue weighted by Gasteiger charge is -2.34. The number of nitrogens with zero attached hydrogens (tertiary/aromatic N) is 3. The van der Waals surface area contributed by atoms with Gasteiger partial charge in [-0.25, -0.2) is 13.2 Å². The van der Waals surface area contributed by atoms with E-state index in [-0.39, 0.29) is 37.9 Å². The number of carbonyl (C=O) groups excluding carboxylic acids is 1. The van der Waals surface area contributed by atoms with Gasteiger partial charge in [0.1, 0.15) is 0 Å². The predicted molar refractivity (Wildman–Crippen MR) is 127 cm³/mol. The standard InChI is InChI=1S/C26H17F3N4O3S/c1-16-22(15-31)24(32-25(34)33(16)19-7-5-6-18(13-19)26(27,28)29)21-11-10-17(14-30)12-23(21)37(35,36)20-8-3-2-4-9-20/h2-13,24H,1H3,(H,32,34). The number of halogens is 3. The van der Waals surface area contributed by atoms with Gasteiger partial charge in [0, 0.05) is 5.70 Å². The summed E-state index contributed by atoms with van der Waals surface area (Å²) in [5.41, 5.74) is -1.06. The number of anilines is 1. The number of nitriles is 2. The van der Waals surface area contributed by atoms with Crippen LogP contribution < -0.4 is 10.2 Å². The summed E-state index contributed by atoms with van der Waals surface area (Å²) in [4.78, 5) is 13.7. The van der Waals surface area contributed by atoms with Crippen LogP contribution in [0.5, 0.6) is 0 Å². The Labute approximate surface area is 210 Å². The van der Waals surface area contributed by atoms with Crippen molar-refractivity contribution in [1.29, 1.82) is 10.5 Å². The molecule has 7 nitrogen and oxygen atoms in total. The number of hydrogen-bond acceptors (Lipinski definition) is 5. The van der Waals surface area contributed by atoms with Gasteiger partial charge >= 0.3 is 12.2 Å². The maximum absolute atomic E-state index is 13.5. The van der Waals surface area contributed by atoms with Crippen molar-refractivity contribution in [1.82, 2.24) is 5.32 Å². The van der Waals surface area contributed by atoms with Crippen LogP contribution in [0.25, 0.3) is 0 Å². The molecule has 0 bridgehead atoms. The van der Waals surface area contributed by atoms with E-state index in [9.17, 15) is 36.9 Å². The third-order valence-electron chi connectivity index (χ3n) is 5.83. The normalized spacial score (nSPS) is 16.1. The van der Waals surface area contributed by atoms with Crippen molar-refractivity contribution in [2.75, 3.05) is 4.90 Å². The number of rotatable bonds is 4. The lowest BCUT2D eigenvalue weighted by atomic mass is 9.94. The molecule has 1 aliphatic heterocycles. The zero-order valence-corrected chi connectivity index (χ0v) is 19.9. The second-order valence-electron chi connectivity index (χ2n) is 8.06. The van der Waals surface area contributed by atoms with Crippen LogP contribution in [0.15, 0.2) is 93.9 Å². The highest BCUT2D eigenvalue weighted by atomic mass is 32.2. The van der Waals surface area contributed by atoms with Gasteiger partial charge in [-0.05, 0) is 55.0 Å². The Kier molecular flexibility index (Phi) is 6.51. The molecule has 11 heteroatoms. The van der Waals surface area contributed by atoms with Crippen molar-refractivity contribution in [3.8, 4) is 12.1 Å². The van der Waals surface area contributed by atoms with E-state index in [2.05, 4.69) is 5.32 Å². The van der Waals surface area contributed by atoms with E-state index < -0.39 is 33.6 Å². The number of amides is 2. The highest BCUT2D eigenvalue weighted by Gasteiger charge is 2.37. The molecular formula is C26H17F3N4O3S. The molecule has 1 atom stereocenters. The maximum Gasteiger partial charge on any atom is 0.416 e. The number of sulfone groups is 1. The van der Waals surface area contributed by atoms with E-state index in [0.717, 1.165) is 29.2 Å². The van der Waals surface area contributed by atoms with E-state index in [4.69, 9.17) is 0 Å². The Morgan fingerprint density at radius 1 is 0.946 bits per heavy atom. The fourth-order valence-electron chi connectivity index (χ4n) is 4.05. The van der Waals surface area contributed by atoms with Gasteiger partial charge in [0.25, 0.3) is 0 Å². The fraction of sp³-hybridized carbons (Fsp3) is 0.115. The molecule has 186 valence electrons. The summed E-state index contributed by atoms with van der Waals surface area (Å²) in [6.07, 6.45) is -4.65. The molecule has 0 saturated carbocycles. The number of nitrogens with one attached hydrogen (secondary N) is 1. The second kappa shape index (κ2) is 9.45. The van der Waals surface area contributed by atoms with Gasteiger partial charge in [0.2, 0.25) is 9.84 Å². The second-order valence-corrected chi connectivity index (χ2v) is 9.98. The lowest BCUT2D eigenvalue weighted by Crippen LogP contribution is -2.46. The number of allylic oxidation sites excluding steroid dienone is 1. The van der Waals surface area contributed by atoms with Crippen molar-refractivity contribution in [2.45, 2.75) is 28.9 Å². The topological polar surface area (TPSA) is 114 Å². The van der Waals surface area contributed by atoms with Crippen LogP contribution in [0.4, 0.5) is 23.7 Å². The van der Waals surface area contributed by atoms with Crippen molar-refractivity contribution < 1.29 is 26.4 Å². The molecule has 1 N–H and O–H groups in total. The third kappa shape index (κ3) is 4.65. The molecule has 0 aromatic heterocycles. The summed E-state index contributed by atoms with van der Waals surface area (Å²) in [7, 11) is -4.18. The first-order valence-electron chi connectivity index (χ1n) is 10.7. The van der Waals surface area contributed by atoms with Gasteiger partial charge in [-0.3, -0.25) is 4.90 Å². The summed E-state index contributed by atoms with van der Waals surface area (Å²) in [5, 5.41) is 21.9. The third-order valence-corrected chi connectivity index (χ3v) is 7.66. The molecule has 0 radical (unpaired) electrons. The van der Waals surface area contributed by atoms with Crippen LogP contribution in [-0.4, -0.2) is 14.4 Å². The van der Waals surface area contributed by atoms with E-state index in [1.54, 1.807) is 6.07 Å². The minimum Gasteiger partial charge on any atom is -0.326 e. The van der Waals surface area contributed by atoms with Gasteiger partial charge in [0.05, 0.1) is 50.4 Å². The molecule has 2 amide bonds. The summed E-state index contributed by atoms with van der Waals surface area (Å²) < 4.78 is 66.8. The maximum atomic E-state index is 13.5. The summed E-state index contributed by atoms with van der Waals surface area (Å²) in [6, 6.07) is 17.1. The molecular weight excluding hydrogens is 505 g/mol. The number of hydrogen-bond donors (Lipinski definition) is 1. The Hall–Kier alpha value is -4.61. The highest BCUT2D eigenvalue weighted by molar-refractivity contribution is 7.91. The van der Waals surface area contributed by atoms with Crippen molar-refractivity contribution >= 4 is 21.6 Å². The van der Waals surface area contributed by atoms with Crippen LogP contribution in [0, 0.1) is 22.7 Å². The van der Waals surface area contributed by atoms with Crippen LogP contribution in [0.2, 0.25) is 0 Å². The summed E-state index contributed by atoms with van der Waals surface area (Å²) in [5.74, 6) is 0. The molecule has 3 aromatic carbocycles. The Morgan fingerprint density at radius 2 is 1.65 bits per heavy atom. The minimum atomic E-state index is -4.65. The molecule has 0 spiro atoms. The first-order valence-corrected chi connectivity index (χ1v) is 12.2. The first-order chi connectivity index (χ1) is 17.5. The average molecular weight is 523 g/mol. The van der Waals surface area contributed by atoms with Crippen molar-refractivity contribution in [3.05, 3.63) is 101 Å². The summed E-state index contributed by atoms with van der Waals surface area (Å²) >= 11 is 0. The van der Waals surface area contributed by atoms with Gasteiger partial charge in [-0.2, -0.15) is 23.7 Å². The zero-order valence-electron chi connectivity index (χ0n) is 19.1. The van der Waals surface area contributed by atoms with Crippen LogP contribution in [-0.2, 0) is 16.0 Å². The molecule has 4 rings (SSSR count). The average Bonchev–Trinajstić information content (AvgIpc) is 2.88. The number of carbonyl (C=O) groups is 1. The van der Waals surface area contributed by atoms with Crippen LogP contribution in [0.3, 0.4) is 0 Å². The van der Waals surface area contributed by atoms with Gasteiger partial charge in [-0.15, -0.1) is 0 Å². The fourth-order valence-corrected chi connectivity index (χ4v) is 5.60. The molecule has 1 aliphatic rings. The Balaban J connectivity index is 1.89. The number of benzene rings is 3. The lowest BCUT2D eigenvalue weighted by molar-refractivity contribution is -0.137. The van der Waals surface area contributed by atoms with Crippen LogP contribution in [0.1, 0.15) is 29.7 Å². The van der Waals surface area contributed by atoms with Gasteiger partial charge in [0.15, 0.2) is 0 Å². The number of urea groups is 1. The Bertz CT molecular complexity index is 1620. The van der Waals surface area contributed by atoms with E-state index >= 15 is 0 Å². The molecule has 0 fully saturated rings. The van der Waals surface area contributed by atoms with Crippen molar-refractivity contribution in [3.63, 3.8) is 0 Å². The van der Waals surface area contributed by atoms with Gasteiger partial charge < -0.3 is 5.32 Å². The van der Waals surface area contributed by atoms with Crippen molar-refractivity contribution in [2.24, 2.45) is 0 Å². The van der Waals surface area contributed by atoms with E-state index in [1.165, 1.54) is 49.4 Å². The molecule has 0 aliphatic carbocycles. The quantitative estimate of drug-likeness (QED) is 0.488. The monoisotopic (exact) mass is 522 g/mol. The molecule has 0 saturated heterocycles. The predicted octanol–water partition coefficient (Wildman–Crippen LogP) is 5.48. The first kappa shape index (κ1) is 25.5. The summed E-state index contributed by atoms with van der Waals surface area (Å²) in [6.45, 7) is 1.39. The highest BCUT2D eigenvalue weighted by Crippen LogP contribution is 2.39. The molecule has 37 heavy (non-hydrogen) atoms. The van der Waals surface area contributed by atoms with E-state index in [0.29, 0.717) is 0 Å². The smallest absolute Gasteiger partial charge is 0.326 e. The zero-order chi connectivity index (χ0) is 27.0. The minimum absolute atomic E-state index is 0.0305. The molecule has 1 unspecified atom stereocenters.